The predicted octanol–water partition coefficient (Wildman–Crippen LogP) is 0.465. The molecule has 1 fully saturated rings. The zero-order chi connectivity index (χ0) is 9.68. The number of benzene rings is 1. The second-order valence-electron chi connectivity index (χ2n) is 2.58. The van der Waals surface area contributed by atoms with Crippen molar-refractivity contribution in [2.75, 3.05) is 6.54 Å². The maximum Gasteiger partial charge on any atom is 0.161 e. The van der Waals surface area contributed by atoms with Gasteiger partial charge in [0.25, 0.3) is 0 Å². The number of hydrogen-bond donors (Lipinski definition) is 1. The van der Waals surface area contributed by atoms with E-state index in [1.165, 1.54) is 0 Å². The molecule has 2 rings (SSSR count). The highest BCUT2D eigenvalue weighted by Crippen LogP contribution is 2.08. The minimum Gasteiger partial charge on any atom is -0.305 e. The van der Waals surface area contributed by atoms with Crippen LogP contribution in [0.3, 0.4) is 0 Å². The van der Waals surface area contributed by atoms with E-state index in [1.54, 1.807) is 0 Å². The maximum atomic E-state index is 9.62. The standard InChI is InChI=1S/C6H6.C2H5N3O2/c1-2-4-6-5-3-1;3-2-1-4(2)5(6)7/h1-6H;2H,1,3H2. The third-order valence-corrected chi connectivity index (χ3v) is 1.50. The topological polar surface area (TPSA) is 72.2 Å². The van der Waals surface area contributed by atoms with Gasteiger partial charge in [-0.05, 0) is 0 Å². The molecular weight excluding hydrogens is 170 g/mol. The van der Waals surface area contributed by atoms with Crippen LogP contribution in [0, 0.1) is 10.1 Å². The molecule has 0 bridgehead atoms. The number of nitrogens with two attached hydrogens (primary N) is 1. The van der Waals surface area contributed by atoms with Crippen LogP contribution in [0.25, 0.3) is 0 Å². The number of nitrogens with zero attached hydrogens (tertiary/aromatic N) is 2. The van der Waals surface area contributed by atoms with Crippen molar-refractivity contribution in [3.05, 3.63) is 46.5 Å². The molecule has 1 aromatic carbocycles. The van der Waals surface area contributed by atoms with Gasteiger partial charge in [-0.25, -0.2) is 10.1 Å². The molecule has 0 spiro atoms. The summed E-state index contributed by atoms with van der Waals surface area (Å²) >= 11 is 0. The molecule has 1 saturated heterocycles. The summed E-state index contributed by atoms with van der Waals surface area (Å²) in [5.41, 5.74) is 5.05. The van der Waals surface area contributed by atoms with E-state index in [0.717, 1.165) is 5.01 Å². The first-order chi connectivity index (χ1) is 6.22. The third kappa shape index (κ3) is 3.53. The first-order valence-electron chi connectivity index (χ1n) is 3.88. The molecule has 5 heteroatoms. The molecule has 13 heavy (non-hydrogen) atoms. The molecule has 1 unspecified atom stereocenters. The zero-order valence-electron chi connectivity index (χ0n) is 7.04. The van der Waals surface area contributed by atoms with Gasteiger partial charge in [-0.2, -0.15) is 0 Å². The second-order valence-corrected chi connectivity index (χ2v) is 2.58. The summed E-state index contributed by atoms with van der Waals surface area (Å²) in [6.07, 6.45) is -0.324. The van der Waals surface area contributed by atoms with Crippen molar-refractivity contribution in [3.63, 3.8) is 0 Å². The van der Waals surface area contributed by atoms with Gasteiger partial charge in [0.05, 0.1) is 0 Å². The summed E-state index contributed by atoms with van der Waals surface area (Å²) in [6, 6.07) is 12.0. The Balaban J connectivity index is 0.000000132. The molecule has 70 valence electrons. The lowest BCUT2D eigenvalue weighted by atomic mass is 10.4. The van der Waals surface area contributed by atoms with Gasteiger partial charge in [-0.3, -0.25) is 0 Å². The minimum absolute atomic E-state index is 0.324. The van der Waals surface area contributed by atoms with Crippen LogP contribution in [0.2, 0.25) is 0 Å². The smallest absolute Gasteiger partial charge is 0.161 e. The van der Waals surface area contributed by atoms with Crippen molar-refractivity contribution in [2.24, 2.45) is 5.73 Å². The van der Waals surface area contributed by atoms with Gasteiger partial charge in [0, 0.05) is 0 Å². The fourth-order valence-corrected chi connectivity index (χ4v) is 0.717. The SMILES string of the molecule is NC1CN1[N+](=O)[O-].c1ccccc1. The van der Waals surface area contributed by atoms with Crippen LogP contribution in [0.1, 0.15) is 0 Å². The molecule has 1 aliphatic heterocycles. The molecule has 1 aromatic rings. The summed E-state index contributed by atoms with van der Waals surface area (Å²) in [5, 5.41) is 10.1. The number of hydrazine groups is 1. The monoisotopic (exact) mass is 181 g/mol. The van der Waals surface area contributed by atoms with Gasteiger partial charge in [-0.1, -0.05) is 36.4 Å². The Morgan fingerprint density at radius 2 is 1.54 bits per heavy atom. The summed E-state index contributed by atoms with van der Waals surface area (Å²) in [5.74, 6) is 0. The molecule has 1 heterocycles. The summed E-state index contributed by atoms with van der Waals surface area (Å²) in [4.78, 5) is 9.62. The van der Waals surface area contributed by atoms with Crippen molar-refractivity contribution < 1.29 is 5.03 Å². The van der Waals surface area contributed by atoms with E-state index in [2.05, 4.69) is 0 Å². The lowest BCUT2D eigenvalue weighted by molar-refractivity contribution is -0.620. The highest BCUT2D eigenvalue weighted by atomic mass is 16.7. The average molecular weight is 181 g/mol. The van der Waals surface area contributed by atoms with Crippen molar-refractivity contribution >= 4 is 0 Å². The highest BCUT2D eigenvalue weighted by Gasteiger charge is 2.40. The number of nitro groups is 1. The first kappa shape index (κ1) is 9.47. The lowest BCUT2D eigenvalue weighted by Crippen LogP contribution is -2.15. The normalized spacial score (nSPS) is 18.5. The van der Waals surface area contributed by atoms with Crippen LogP contribution in [-0.2, 0) is 0 Å². The van der Waals surface area contributed by atoms with Crippen LogP contribution in [0.4, 0.5) is 0 Å². The minimum atomic E-state index is -0.495. The fourth-order valence-electron chi connectivity index (χ4n) is 0.717. The zero-order valence-corrected chi connectivity index (χ0v) is 7.04. The molecule has 0 saturated carbocycles. The Labute approximate surface area is 75.9 Å². The van der Waals surface area contributed by atoms with Crippen LogP contribution in [-0.4, -0.2) is 22.8 Å². The fraction of sp³-hybridized carbons (Fsp3) is 0.250. The maximum absolute atomic E-state index is 9.62. The van der Waals surface area contributed by atoms with Crippen LogP contribution < -0.4 is 5.73 Å². The Kier molecular flexibility index (Phi) is 3.22. The summed E-state index contributed by atoms with van der Waals surface area (Å²) in [7, 11) is 0. The lowest BCUT2D eigenvalue weighted by Gasteiger charge is -1.84. The highest BCUT2D eigenvalue weighted by molar-refractivity contribution is 4.99. The van der Waals surface area contributed by atoms with Crippen molar-refractivity contribution in [1.29, 1.82) is 0 Å². The van der Waals surface area contributed by atoms with E-state index >= 15 is 0 Å². The van der Waals surface area contributed by atoms with E-state index in [9.17, 15) is 10.1 Å². The number of rotatable bonds is 1. The van der Waals surface area contributed by atoms with Crippen LogP contribution in [0.15, 0.2) is 36.4 Å². The van der Waals surface area contributed by atoms with Gasteiger partial charge < -0.3 is 5.73 Å². The molecule has 2 N–H and O–H groups in total. The Morgan fingerprint density at radius 1 is 1.23 bits per heavy atom. The molecule has 5 nitrogen and oxygen atoms in total. The molecule has 0 aromatic heterocycles. The third-order valence-electron chi connectivity index (χ3n) is 1.50. The second kappa shape index (κ2) is 4.42. The van der Waals surface area contributed by atoms with Crippen molar-refractivity contribution in [3.8, 4) is 0 Å². The van der Waals surface area contributed by atoms with Crippen LogP contribution >= 0.6 is 0 Å². The Bertz CT molecular complexity index is 239. The van der Waals surface area contributed by atoms with E-state index in [0.29, 0.717) is 6.54 Å². The van der Waals surface area contributed by atoms with E-state index in [1.807, 2.05) is 36.4 Å². The van der Waals surface area contributed by atoms with Gasteiger partial charge in [-0.15, -0.1) is 5.01 Å². The average Bonchev–Trinajstić information content (AvgIpc) is 2.87. The molecular formula is C8H11N3O2. The molecule has 0 aliphatic carbocycles. The molecule has 1 aliphatic rings. The summed E-state index contributed by atoms with van der Waals surface area (Å²) < 4.78 is 0. The van der Waals surface area contributed by atoms with E-state index < -0.39 is 5.03 Å². The number of hydrogen-bond acceptors (Lipinski definition) is 3. The van der Waals surface area contributed by atoms with E-state index in [-0.39, 0.29) is 6.17 Å². The van der Waals surface area contributed by atoms with Crippen molar-refractivity contribution in [1.82, 2.24) is 5.01 Å². The largest absolute Gasteiger partial charge is 0.305 e. The van der Waals surface area contributed by atoms with Gasteiger partial charge in [0.15, 0.2) is 11.2 Å². The summed E-state index contributed by atoms with van der Waals surface area (Å²) in [6.45, 7) is 0.396. The van der Waals surface area contributed by atoms with E-state index in [4.69, 9.17) is 5.73 Å². The van der Waals surface area contributed by atoms with Gasteiger partial charge in [0.1, 0.15) is 6.54 Å². The molecule has 0 radical (unpaired) electrons. The van der Waals surface area contributed by atoms with Gasteiger partial charge >= 0.3 is 0 Å². The van der Waals surface area contributed by atoms with Crippen molar-refractivity contribution in [2.45, 2.75) is 6.17 Å². The first-order valence-corrected chi connectivity index (χ1v) is 3.88. The van der Waals surface area contributed by atoms with Gasteiger partial charge in [0.2, 0.25) is 0 Å². The predicted molar refractivity (Wildman–Crippen MR) is 48.1 cm³/mol. The Morgan fingerprint density at radius 3 is 1.62 bits per heavy atom. The quantitative estimate of drug-likeness (QED) is 0.388. The Hall–Kier alpha value is -1.62. The molecule has 1 atom stereocenters. The van der Waals surface area contributed by atoms with Crippen LogP contribution in [0.5, 0.6) is 0 Å². The molecule has 0 amide bonds.